The van der Waals surface area contributed by atoms with E-state index in [4.69, 9.17) is 18.7 Å². The van der Waals surface area contributed by atoms with Crippen LogP contribution in [0.4, 0.5) is 0 Å². The van der Waals surface area contributed by atoms with Crippen molar-refractivity contribution in [2.24, 2.45) is 0 Å². The summed E-state index contributed by atoms with van der Waals surface area (Å²) >= 11 is 0. The van der Waals surface area contributed by atoms with Gasteiger partial charge in [-0.15, -0.1) is 0 Å². The van der Waals surface area contributed by atoms with Gasteiger partial charge in [0.2, 0.25) is 0 Å². The third-order valence-electron chi connectivity index (χ3n) is 1.49. The Balaban J connectivity index is -0.000000142. The van der Waals surface area contributed by atoms with Crippen molar-refractivity contribution >= 4 is 5.97 Å². The van der Waals surface area contributed by atoms with Gasteiger partial charge in [0.15, 0.2) is 0 Å². The number of carbonyl (C=O) groups excluding carboxylic acids is 1. The molecule has 19 heavy (non-hydrogen) atoms. The maximum atomic E-state index is 11.2. The molecule has 0 radical (unpaired) electrons. The first kappa shape index (κ1) is 26.1. The van der Waals surface area contributed by atoms with Crippen molar-refractivity contribution < 1.29 is 40.8 Å². The van der Waals surface area contributed by atoms with Gasteiger partial charge in [-0.1, -0.05) is 24.3 Å². The SMILES string of the molecule is CCOC(=O)C1=CC=CCC=C1.[C-]#[O+].[C-]#[O+].[C-]#[O+].[Cr]. The van der Waals surface area contributed by atoms with Gasteiger partial charge in [-0.3, -0.25) is 0 Å². The molecule has 0 saturated heterocycles. The van der Waals surface area contributed by atoms with Crippen LogP contribution in [0.1, 0.15) is 13.3 Å². The van der Waals surface area contributed by atoms with Crippen molar-refractivity contribution in [3.63, 3.8) is 0 Å². The topological polar surface area (TPSA) is 86.0 Å². The minimum Gasteiger partial charge on any atom is 0 e. The van der Waals surface area contributed by atoms with Crippen LogP contribution in [0.5, 0.6) is 0 Å². The molecule has 0 amide bonds. The van der Waals surface area contributed by atoms with E-state index in [1.54, 1.807) is 19.1 Å². The molecule has 0 aromatic carbocycles. The zero-order valence-corrected chi connectivity index (χ0v) is 11.5. The van der Waals surface area contributed by atoms with Crippen LogP contribution in [0.3, 0.4) is 0 Å². The molecule has 0 heterocycles. The Morgan fingerprint density at radius 2 is 1.74 bits per heavy atom. The largest absolute Gasteiger partial charge is 0 e. The predicted molar refractivity (Wildman–Crippen MR) is 59.4 cm³/mol. The van der Waals surface area contributed by atoms with Crippen LogP contribution in [0, 0.1) is 20.0 Å². The molecule has 0 aliphatic heterocycles. The molecule has 0 bridgehead atoms. The molecule has 0 N–H and O–H groups in total. The Bertz CT molecular complexity index is 347. The average molecular weight is 300 g/mol. The van der Waals surface area contributed by atoms with Crippen LogP contribution in [-0.4, -0.2) is 12.6 Å². The summed E-state index contributed by atoms with van der Waals surface area (Å²) in [5.74, 6) is -0.250. The standard InChI is InChI=1S/C10H12O2.3CO.Cr/c1-2-12-10(11)9-7-5-3-4-6-8-9;3*1-2;/h3,5-8H,2,4H2,1H3;;;;. The molecule has 0 aromatic rings. The Morgan fingerprint density at radius 3 is 2.21 bits per heavy atom. The molecule has 1 aliphatic carbocycles. The molecule has 0 fully saturated rings. The molecule has 1 rings (SSSR count). The first-order valence-electron chi connectivity index (χ1n) is 4.66. The quantitative estimate of drug-likeness (QED) is 0.443. The molecular formula is C13H12CrO5. The number of ether oxygens (including phenoxy) is 1. The smallest absolute Gasteiger partial charge is 0 e. The summed E-state index contributed by atoms with van der Waals surface area (Å²) in [5, 5.41) is 0. The van der Waals surface area contributed by atoms with Crippen LogP contribution in [0.15, 0.2) is 36.0 Å². The van der Waals surface area contributed by atoms with E-state index in [0.717, 1.165) is 6.42 Å². The van der Waals surface area contributed by atoms with Gasteiger partial charge >= 0.3 is 39.9 Å². The Hall–Kier alpha value is -1.56. The van der Waals surface area contributed by atoms with Gasteiger partial charge in [0.05, 0.1) is 12.2 Å². The van der Waals surface area contributed by atoms with Crippen molar-refractivity contribution in [1.82, 2.24) is 0 Å². The van der Waals surface area contributed by atoms with Gasteiger partial charge in [-0.05, 0) is 19.4 Å². The first-order chi connectivity index (χ1) is 8.84. The summed E-state index contributed by atoms with van der Waals surface area (Å²) < 4.78 is 27.3. The third-order valence-corrected chi connectivity index (χ3v) is 1.49. The fourth-order valence-corrected chi connectivity index (χ4v) is 0.930. The number of esters is 1. The molecule has 100 valence electrons. The number of carbonyl (C=O) groups is 1. The molecule has 6 heteroatoms. The molecule has 0 unspecified atom stereocenters. The van der Waals surface area contributed by atoms with Gasteiger partial charge in [-0.2, -0.15) is 0 Å². The Kier molecular flexibility index (Phi) is 34.8. The van der Waals surface area contributed by atoms with E-state index in [-0.39, 0.29) is 23.3 Å². The fourth-order valence-electron chi connectivity index (χ4n) is 0.930. The number of hydrogen-bond acceptors (Lipinski definition) is 2. The van der Waals surface area contributed by atoms with E-state index < -0.39 is 0 Å². The van der Waals surface area contributed by atoms with Gasteiger partial charge in [0.1, 0.15) is 0 Å². The molecule has 0 aromatic heterocycles. The number of allylic oxidation sites excluding steroid dienone is 4. The first-order valence-corrected chi connectivity index (χ1v) is 4.66. The summed E-state index contributed by atoms with van der Waals surface area (Å²) in [6, 6.07) is 0. The monoisotopic (exact) mass is 300 g/mol. The van der Waals surface area contributed by atoms with Crippen molar-refractivity contribution in [3.05, 3.63) is 55.9 Å². The summed E-state index contributed by atoms with van der Waals surface area (Å²) in [6.07, 6.45) is 10.2. The van der Waals surface area contributed by atoms with E-state index >= 15 is 0 Å². The van der Waals surface area contributed by atoms with Gasteiger partial charge in [0.25, 0.3) is 0 Å². The molecular weight excluding hydrogens is 288 g/mol. The minimum absolute atomic E-state index is 0. The van der Waals surface area contributed by atoms with Crippen molar-refractivity contribution in [1.29, 1.82) is 0 Å². The second-order valence-corrected chi connectivity index (χ2v) is 2.41. The molecule has 0 saturated carbocycles. The van der Waals surface area contributed by atoms with E-state index in [1.165, 1.54) is 0 Å². The number of rotatable bonds is 2. The maximum Gasteiger partial charge on any atom is 0 e. The van der Waals surface area contributed by atoms with Crippen LogP contribution in [0.25, 0.3) is 0 Å². The van der Waals surface area contributed by atoms with Gasteiger partial charge < -0.3 is 4.74 Å². The van der Waals surface area contributed by atoms with E-state index in [9.17, 15) is 4.79 Å². The number of hydrogen-bond donors (Lipinski definition) is 0. The molecule has 1 aliphatic rings. The van der Waals surface area contributed by atoms with Crippen molar-refractivity contribution in [3.8, 4) is 0 Å². The second kappa shape index (κ2) is 25.3. The molecule has 0 atom stereocenters. The van der Waals surface area contributed by atoms with Crippen LogP contribution in [0.2, 0.25) is 0 Å². The van der Waals surface area contributed by atoms with Crippen LogP contribution >= 0.6 is 0 Å². The Morgan fingerprint density at radius 1 is 1.21 bits per heavy atom. The van der Waals surface area contributed by atoms with Crippen LogP contribution < -0.4 is 0 Å². The van der Waals surface area contributed by atoms with E-state index in [2.05, 4.69) is 20.0 Å². The summed E-state index contributed by atoms with van der Waals surface area (Å²) in [7, 11) is 0. The summed E-state index contributed by atoms with van der Waals surface area (Å²) in [5.41, 5.74) is 0.616. The third kappa shape index (κ3) is 16.4. The second-order valence-electron chi connectivity index (χ2n) is 2.41. The zero-order valence-electron chi connectivity index (χ0n) is 10.3. The molecule has 5 nitrogen and oxygen atoms in total. The summed E-state index contributed by atoms with van der Waals surface area (Å²) in [4.78, 5) is 11.2. The fraction of sp³-hybridized carbons (Fsp3) is 0.231. The van der Waals surface area contributed by atoms with E-state index in [1.807, 2.05) is 18.2 Å². The maximum absolute atomic E-state index is 11.2. The normalized spacial score (nSPS) is 9.95. The summed E-state index contributed by atoms with van der Waals surface area (Å²) in [6.45, 7) is 15.7. The van der Waals surface area contributed by atoms with Crippen molar-refractivity contribution in [2.45, 2.75) is 13.3 Å². The van der Waals surface area contributed by atoms with Crippen LogP contribution in [-0.2, 0) is 40.8 Å². The van der Waals surface area contributed by atoms with Gasteiger partial charge in [-0.25, -0.2) is 4.79 Å². The minimum atomic E-state index is -0.250. The predicted octanol–water partition coefficient (Wildman–Crippen LogP) is 1.88. The van der Waals surface area contributed by atoms with Crippen molar-refractivity contribution in [2.75, 3.05) is 6.61 Å². The average Bonchev–Trinajstić information content (AvgIpc) is 2.75. The van der Waals surface area contributed by atoms with Gasteiger partial charge in [0, 0.05) is 17.4 Å². The zero-order chi connectivity index (χ0) is 14.8. The Labute approximate surface area is 123 Å². The van der Waals surface area contributed by atoms with E-state index in [0.29, 0.717) is 12.2 Å². The molecule has 0 spiro atoms.